The molecule has 7 heteroatoms. The first kappa shape index (κ1) is 18.8. The zero-order valence-electron chi connectivity index (χ0n) is 16.2. The lowest BCUT2D eigenvalue weighted by Crippen LogP contribution is -2.29. The van der Waals surface area contributed by atoms with Gasteiger partial charge in [0.2, 0.25) is 0 Å². The van der Waals surface area contributed by atoms with Gasteiger partial charge in [0.15, 0.2) is 0 Å². The van der Waals surface area contributed by atoms with E-state index < -0.39 is 5.97 Å². The molecule has 0 bridgehead atoms. The number of fused-ring (bicyclic) bond motifs is 2. The quantitative estimate of drug-likeness (QED) is 0.681. The molecule has 146 valence electrons. The van der Waals surface area contributed by atoms with Crippen LogP contribution in [0.1, 0.15) is 51.1 Å². The van der Waals surface area contributed by atoms with Gasteiger partial charge in [-0.25, -0.2) is 9.78 Å². The second-order valence-electron chi connectivity index (χ2n) is 7.26. The first-order valence-electron chi connectivity index (χ1n) is 9.38. The molecule has 28 heavy (non-hydrogen) atoms. The van der Waals surface area contributed by atoms with Crippen molar-refractivity contribution in [3.8, 4) is 0 Å². The fourth-order valence-corrected chi connectivity index (χ4v) is 5.20. The van der Waals surface area contributed by atoms with Crippen molar-refractivity contribution >= 4 is 27.5 Å². The minimum Gasteiger partial charge on any atom is -0.465 e. The average Bonchev–Trinajstić information content (AvgIpc) is 3.03. The Bertz CT molecular complexity index is 1100. The summed E-state index contributed by atoms with van der Waals surface area (Å²) in [7, 11) is 3.41. The van der Waals surface area contributed by atoms with Crippen molar-refractivity contribution in [2.75, 3.05) is 14.2 Å². The number of nitrogens with one attached hydrogen (secondary N) is 1. The summed E-state index contributed by atoms with van der Waals surface area (Å²) >= 11 is 1.21. The lowest BCUT2D eigenvalue weighted by atomic mass is 9.87. The van der Waals surface area contributed by atoms with Crippen LogP contribution in [0.3, 0.4) is 0 Å². The monoisotopic (exact) mass is 397 g/mol. The molecule has 0 spiro atoms. The van der Waals surface area contributed by atoms with Crippen LogP contribution >= 0.6 is 11.3 Å². The summed E-state index contributed by atoms with van der Waals surface area (Å²) in [6.45, 7) is 2.29. The Morgan fingerprint density at radius 2 is 2.18 bits per heavy atom. The van der Waals surface area contributed by atoms with Crippen molar-refractivity contribution in [2.24, 2.45) is 0 Å². The van der Waals surface area contributed by atoms with E-state index in [2.05, 4.69) is 46.2 Å². The van der Waals surface area contributed by atoms with Gasteiger partial charge in [-0.15, -0.1) is 11.3 Å². The molecule has 1 N–H and O–H groups in total. The number of ether oxygens (including phenoxy) is 1. The first-order chi connectivity index (χ1) is 13.5. The van der Waals surface area contributed by atoms with Crippen molar-refractivity contribution in [3.63, 3.8) is 0 Å². The molecule has 2 heterocycles. The number of methoxy groups -OCH3 is 1. The van der Waals surface area contributed by atoms with Crippen LogP contribution in [0.2, 0.25) is 0 Å². The molecule has 0 amide bonds. The fourth-order valence-electron chi connectivity index (χ4n) is 4.08. The van der Waals surface area contributed by atoms with E-state index in [1.807, 2.05) is 0 Å². The van der Waals surface area contributed by atoms with Crippen LogP contribution in [0.15, 0.2) is 29.1 Å². The maximum atomic E-state index is 12.6. The minimum absolute atomic E-state index is 0.207. The number of hydrogen-bond acceptors (Lipinski definition) is 6. The van der Waals surface area contributed by atoms with E-state index in [1.165, 1.54) is 29.6 Å². The van der Waals surface area contributed by atoms with E-state index in [1.54, 1.807) is 6.92 Å². The fraction of sp³-hybridized carbons (Fsp3) is 0.381. The molecule has 4 rings (SSSR count). The summed E-state index contributed by atoms with van der Waals surface area (Å²) in [5.41, 5.74) is 3.18. The number of aromatic amines is 1. The van der Waals surface area contributed by atoms with E-state index in [4.69, 9.17) is 4.74 Å². The molecule has 1 aromatic carbocycles. The topological polar surface area (TPSA) is 75.3 Å². The SMILES string of the molecule is COC(=O)c1sc2nc(CN(C)[C@@H]3CCCc4ccccc43)[nH]c(=O)c2c1C. The lowest BCUT2D eigenvalue weighted by molar-refractivity contribution is 0.0605. The third-order valence-corrected chi connectivity index (χ3v) is 6.66. The molecule has 0 aliphatic heterocycles. The number of esters is 1. The number of carbonyl (C=O) groups excluding carboxylic acids is 1. The molecule has 1 atom stereocenters. The summed E-state index contributed by atoms with van der Waals surface area (Å²) in [5.74, 6) is 0.179. The predicted molar refractivity (Wildman–Crippen MR) is 110 cm³/mol. The van der Waals surface area contributed by atoms with Crippen molar-refractivity contribution in [3.05, 3.63) is 62.0 Å². The molecule has 2 aromatic heterocycles. The Morgan fingerprint density at radius 1 is 1.39 bits per heavy atom. The number of carbonyl (C=O) groups is 1. The predicted octanol–water partition coefficient (Wildman–Crippen LogP) is 3.59. The van der Waals surface area contributed by atoms with E-state index >= 15 is 0 Å². The number of H-pyrrole nitrogens is 1. The standard InChI is InChI=1S/C21H23N3O3S/c1-12-17-19(25)22-16(23-20(17)28-18(12)21(26)27-3)11-24(2)15-10-6-8-13-7-4-5-9-14(13)15/h4-5,7,9,15H,6,8,10-11H2,1-3H3,(H,22,23,25)/t15-/m1/s1. The second-order valence-corrected chi connectivity index (χ2v) is 8.26. The van der Waals surface area contributed by atoms with Gasteiger partial charge in [0.05, 0.1) is 19.0 Å². The molecule has 6 nitrogen and oxygen atoms in total. The Kier molecular flexibility index (Phi) is 5.03. The highest BCUT2D eigenvalue weighted by atomic mass is 32.1. The molecule has 0 fully saturated rings. The summed E-state index contributed by atoms with van der Waals surface area (Å²) < 4.78 is 4.82. The molecular weight excluding hydrogens is 374 g/mol. The first-order valence-corrected chi connectivity index (χ1v) is 10.2. The van der Waals surface area contributed by atoms with E-state index in [0.29, 0.717) is 39.1 Å². The van der Waals surface area contributed by atoms with Gasteiger partial charge in [-0.2, -0.15) is 0 Å². The van der Waals surface area contributed by atoms with Gasteiger partial charge >= 0.3 is 5.97 Å². The van der Waals surface area contributed by atoms with Crippen LogP contribution in [-0.2, 0) is 17.7 Å². The third kappa shape index (κ3) is 3.25. The highest BCUT2D eigenvalue weighted by Gasteiger charge is 2.25. The van der Waals surface area contributed by atoms with Crippen LogP contribution < -0.4 is 5.56 Å². The summed E-state index contributed by atoms with van der Waals surface area (Å²) in [6, 6.07) is 8.87. The number of rotatable bonds is 4. The van der Waals surface area contributed by atoms with Crippen LogP contribution in [0, 0.1) is 6.92 Å². The average molecular weight is 398 g/mol. The van der Waals surface area contributed by atoms with E-state index in [-0.39, 0.29) is 5.56 Å². The number of aryl methyl sites for hydroxylation is 2. The van der Waals surface area contributed by atoms with Gasteiger partial charge in [0, 0.05) is 6.04 Å². The highest BCUT2D eigenvalue weighted by molar-refractivity contribution is 7.20. The lowest BCUT2D eigenvalue weighted by Gasteiger charge is -2.33. The number of aromatic nitrogens is 2. The summed E-state index contributed by atoms with van der Waals surface area (Å²) in [6.07, 6.45) is 3.36. The molecule has 0 unspecified atom stereocenters. The Balaban J connectivity index is 1.65. The smallest absolute Gasteiger partial charge is 0.348 e. The number of hydrogen-bond donors (Lipinski definition) is 1. The van der Waals surface area contributed by atoms with Crippen molar-refractivity contribution in [1.82, 2.24) is 14.9 Å². The van der Waals surface area contributed by atoms with Gasteiger partial charge in [-0.3, -0.25) is 9.69 Å². The van der Waals surface area contributed by atoms with Crippen LogP contribution in [-0.4, -0.2) is 35.0 Å². The molecule has 0 radical (unpaired) electrons. The number of thiophene rings is 1. The van der Waals surface area contributed by atoms with Gasteiger partial charge in [-0.05, 0) is 49.9 Å². The normalized spacial score (nSPS) is 16.4. The number of nitrogens with zero attached hydrogens (tertiary/aromatic N) is 2. The van der Waals surface area contributed by atoms with Crippen LogP contribution in [0.5, 0.6) is 0 Å². The zero-order chi connectivity index (χ0) is 19.8. The van der Waals surface area contributed by atoms with E-state index in [9.17, 15) is 9.59 Å². The Morgan fingerprint density at radius 3 is 2.96 bits per heavy atom. The Hall–Kier alpha value is -2.51. The molecule has 1 aliphatic carbocycles. The summed E-state index contributed by atoms with van der Waals surface area (Å²) in [4.78, 5) is 35.4. The molecule has 1 aliphatic rings. The zero-order valence-corrected chi connectivity index (χ0v) is 17.1. The molecular formula is C21H23N3O3S. The van der Waals surface area contributed by atoms with Gasteiger partial charge in [-0.1, -0.05) is 24.3 Å². The van der Waals surface area contributed by atoms with E-state index in [0.717, 1.165) is 19.3 Å². The maximum Gasteiger partial charge on any atom is 0.348 e. The van der Waals surface area contributed by atoms with Gasteiger partial charge in [0.1, 0.15) is 15.5 Å². The third-order valence-electron chi connectivity index (χ3n) is 5.49. The summed E-state index contributed by atoms with van der Waals surface area (Å²) in [5, 5.41) is 0.472. The highest BCUT2D eigenvalue weighted by Crippen LogP contribution is 2.34. The number of benzene rings is 1. The van der Waals surface area contributed by atoms with Crippen molar-refractivity contribution in [1.29, 1.82) is 0 Å². The van der Waals surface area contributed by atoms with Crippen LogP contribution in [0.4, 0.5) is 0 Å². The molecule has 0 saturated carbocycles. The van der Waals surface area contributed by atoms with Crippen molar-refractivity contribution in [2.45, 2.75) is 38.8 Å². The molecule has 3 aromatic rings. The largest absolute Gasteiger partial charge is 0.465 e. The van der Waals surface area contributed by atoms with Crippen molar-refractivity contribution < 1.29 is 9.53 Å². The minimum atomic E-state index is -0.433. The van der Waals surface area contributed by atoms with Gasteiger partial charge < -0.3 is 9.72 Å². The Labute approximate surface area is 167 Å². The second kappa shape index (κ2) is 7.48. The molecule has 0 saturated heterocycles. The van der Waals surface area contributed by atoms with Crippen LogP contribution in [0.25, 0.3) is 10.2 Å². The maximum absolute atomic E-state index is 12.6. The van der Waals surface area contributed by atoms with Gasteiger partial charge in [0.25, 0.3) is 5.56 Å².